The van der Waals surface area contributed by atoms with Gasteiger partial charge in [0.1, 0.15) is 0 Å². The zero-order chi connectivity index (χ0) is 15.7. The maximum atomic E-state index is 13.7. The van der Waals surface area contributed by atoms with Gasteiger partial charge in [0.15, 0.2) is 0 Å². The second kappa shape index (κ2) is 6.08. The molecule has 0 amide bonds. The zero-order valence-corrected chi connectivity index (χ0v) is 12.5. The summed E-state index contributed by atoms with van der Waals surface area (Å²) in [5.74, 6) is -10.2. The Morgan fingerprint density at radius 2 is 1.55 bits per heavy atom. The van der Waals surface area contributed by atoms with E-state index in [-0.39, 0.29) is 12.8 Å². The first-order valence-corrected chi connectivity index (χ1v) is 9.36. The van der Waals surface area contributed by atoms with E-state index in [1.807, 2.05) is 0 Å². The van der Waals surface area contributed by atoms with E-state index in [0.29, 0.717) is 6.42 Å². The van der Waals surface area contributed by atoms with E-state index in [9.17, 15) is 32.4 Å². The van der Waals surface area contributed by atoms with Crippen LogP contribution in [0.15, 0.2) is 23.3 Å². The summed E-state index contributed by atoms with van der Waals surface area (Å²) in [4.78, 5) is 0. The number of alkyl halides is 1. The molecule has 1 aliphatic carbocycles. The van der Waals surface area contributed by atoms with Crippen LogP contribution in [0.2, 0.25) is 4.20 Å². The number of hydrogen-bond donors (Lipinski definition) is 0. The van der Waals surface area contributed by atoms with Gasteiger partial charge in [0.2, 0.25) is 0 Å². The van der Waals surface area contributed by atoms with Crippen molar-refractivity contribution in [1.82, 2.24) is 0 Å². The average Bonchev–Trinajstić information content (AvgIpc) is 2.37. The fourth-order valence-corrected chi connectivity index (χ4v) is 4.72. The molecule has 2 atom stereocenters. The van der Waals surface area contributed by atoms with Gasteiger partial charge in [-0.1, -0.05) is 0 Å². The average molecular weight is 372 g/mol. The molecule has 0 spiro atoms. The molecule has 118 valence electrons. The quantitative estimate of drug-likeness (QED) is 0.338. The molecule has 0 saturated heterocycles. The predicted molar refractivity (Wildman–Crippen MR) is 60.7 cm³/mol. The van der Waals surface area contributed by atoms with Crippen molar-refractivity contribution in [2.45, 2.75) is 43.0 Å². The summed E-state index contributed by atoms with van der Waals surface area (Å²) in [7, 11) is 0. The van der Waals surface area contributed by atoms with Gasteiger partial charge in [-0.25, -0.2) is 0 Å². The third-order valence-corrected chi connectivity index (χ3v) is 6.96. The van der Waals surface area contributed by atoms with E-state index in [1.165, 1.54) is 0 Å². The molecule has 0 radical (unpaired) electrons. The molecule has 20 heavy (non-hydrogen) atoms. The first-order chi connectivity index (χ1) is 9.11. The summed E-state index contributed by atoms with van der Waals surface area (Å²) in [6.45, 7) is 1.64. The zero-order valence-electron chi connectivity index (χ0n) is 10.4. The fraction of sp³-hybridized carbons (Fsp3) is 0.636. The van der Waals surface area contributed by atoms with Crippen LogP contribution in [0.5, 0.6) is 0 Å². The molecule has 9 heteroatoms. The molecule has 0 aromatic carbocycles. The van der Waals surface area contributed by atoms with Crippen LogP contribution in [0.25, 0.3) is 0 Å². The first kappa shape index (κ1) is 17.5. The van der Waals surface area contributed by atoms with Crippen molar-refractivity contribution in [3.63, 3.8) is 0 Å². The van der Waals surface area contributed by atoms with Crippen molar-refractivity contribution < 1.29 is 32.4 Å². The number of allylic oxidation sites excluding steroid dienone is 4. The van der Waals surface area contributed by atoms with E-state index in [4.69, 9.17) is 0 Å². The van der Waals surface area contributed by atoms with E-state index < -0.39 is 55.1 Å². The molecule has 1 rings (SSSR count). The third kappa shape index (κ3) is 2.63. The Balaban J connectivity index is 3.37. The summed E-state index contributed by atoms with van der Waals surface area (Å²) in [6.07, 6.45) is -4.23. The Hall–Kier alpha value is -0.522. The first-order valence-electron chi connectivity index (χ1n) is 5.93. The van der Waals surface area contributed by atoms with Crippen molar-refractivity contribution in [3.8, 4) is 0 Å². The molecular weight excluding hydrogens is 359 g/mol. The van der Waals surface area contributed by atoms with Gasteiger partial charge in [-0.2, -0.15) is 0 Å². The third-order valence-electron chi connectivity index (χ3n) is 3.32. The molecular formula is C11H13AsF8. The van der Waals surface area contributed by atoms with E-state index in [2.05, 4.69) is 0 Å². The minimum atomic E-state index is -7.75. The van der Waals surface area contributed by atoms with Crippen LogP contribution in [-0.4, -0.2) is 21.1 Å². The SMILES string of the molecule is CCCCCC1([AsH](F)(F)F)C(F)=C(F)C(F)=C(F)C1F. The number of hydrogen-bond acceptors (Lipinski definition) is 0. The number of rotatable bonds is 5. The predicted octanol–water partition coefficient (Wildman–Crippen LogP) is 5.54. The maximum absolute atomic E-state index is 13.7. The van der Waals surface area contributed by atoms with Gasteiger partial charge in [0.05, 0.1) is 0 Å². The van der Waals surface area contributed by atoms with E-state index in [0.717, 1.165) is 0 Å². The molecule has 0 aromatic heterocycles. The van der Waals surface area contributed by atoms with Gasteiger partial charge in [-0.05, 0) is 0 Å². The molecule has 0 fully saturated rings. The van der Waals surface area contributed by atoms with Crippen molar-refractivity contribution in [1.29, 1.82) is 0 Å². The van der Waals surface area contributed by atoms with Crippen LogP contribution in [-0.2, 0) is 0 Å². The van der Waals surface area contributed by atoms with Crippen molar-refractivity contribution in [3.05, 3.63) is 23.3 Å². The van der Waals surface area contributed by atoms with Crippen LogP contribution < -0.4 is 0 Å². The van der Waals surface area contributed by atoms with Crippen molar-refractivity contribution >= 4 is 15.0 Å². The van der Waals surface area contributed by atoms with Gasteiger partial charge < -0.3 is 0 Å². The molecule has 0 nitrogen and oxygen atoms in total. The molecule has 0 aliphatic heterocycles. The number of halogens is 8. The van der Waals surface area contributed by atoms with Crippen molar-refractivity contribution in [2.24, 2.45) is 0 Å². The molecule has 1 aliphatic rings. The summed E-state index contributed by atoms with van der Waals surface area (Å²) in [5.41, 5.74) is 0. The van der Waals surface area contributed by atoms with Gasteiger partial charge in [-0.3, -0.25) is 0 Å². The van der Waals surface area contributed by atoms with Crippen LogP contribution in [0, 0.1) is 0 Å². The molecule has 0 aromatic rings. The van der Waals surface area contributed by atoms with Crippen LogP contribution in [0.3, 0.4) is 0 Å². The minimum absolute atomic E-state index is 0.218. The van der Waals surface area contributed by atoms with E-state index in [1.54, 1.807) is 6.92 Å². The molecule has 0 N–H and O–H groups in total. The Bertz CT molecular complexity index is 438. The topological polar surface area (TPSA) is 0 Å². The monoisotopic (exact) mass is 372 g/mol. The summed E-state index contributed by atoms with van der Waals surface area (Å²) in [5, 5.41) is 0. The Labute approximate surface area is 114 Å². The van der Waals surface area contributed by atoms with Crippen LogP contribution in [0.1, 0.15) is 32.6 Å². The van der Waals surface area contributed by atoms with E-state index >= 15 is 0 Å². The molecule has 0 saturated carbocycles. The summed E-state index contributed by atoms with van der Waals surface area (Å²) >= 11 is -7.75. The molecule has 0 heterocycles. The summed E-state index contributed by atoms with van der Waals surface area (Å²) < 4.78 is 102. The Morgan fingerprint density at radius 3 is 2.00 bits per heavy atom. The van der Waals surface area contributed by atoms with Gasteiger partial charge in [0, 0.05) is 0 Å². The Morgan fingerprint density at radius 1 is 1.00 bits per heavy atom. The standard InChI is InChI=1S/C11H13AsF8/c1-2-3-4-5-11(12(18,19)20)9(16)7(14)6(13)8(15)10(11)17/h9,12H,2-5H2,1H3. The Kier molecular flexibility index (Phi) is 5.33. The normalized spacial score (nSPS) is 29.1. The summed E-state index contributed by atoms with van der Waals surface area (Å²) in [6, 6.07) is 0. The van der Waals surface area contributed by atoms with Crippen LogP contribution in [0.4, 0.5) is 32.4 Å². The molecule has 0 bridgehead atoms. The number of unbranched alkanes of at least 4 members (excludes halogenated alkanes) is 2. The second-order valence-electron chi connectivity index (χ2n) is 4.58. The van der Waals surface area contributed by atoms with Crippen LogP contribution >= 0.6 is 0 Å². The van der Waals surface area contributed by atoms with Gasteiger partial charge >= 0.3 is 114 Å². The molecule has 2 unspecified atom stereocenters. The van der Waals surface area contributed by atoms with Gasteiger partial charge in [0.25, 0.3) is 0 Å². The fourth-order valence-electron chi connectivity index (χ4n) is 2.14. The van der Waals surface area contributed by atoms with Crippen molar-refractivity contribution in [2.75, 3.05) is 0 Å². The van der Waals surface area contributed by atoms with Gasteiger partial charge in [-0.15, -0.1) is 0 Å². The second-order valence-corrected chi connectivity index (χ2v) is 8.54.